The summed E-state index contributed by atoms with van der Waals surface area (Å²) in [4.78, 5) is 25.0. The van der Waals surface area contributed by atoms with Crippen LogP contribution in [0.4, 0.5) is 8.78 Å². The van der Waals surface area contributed by atoms with Gasteiger partial charge in [0.15, 0.2) is 0 Å². The first-order valence-corrected chi connectivity index (χ1v) is 7.35. The van der Waals surface area contributed by atoms with Crippen LogP contribution >= 0.6 is 0 Å². The van der Waals surface area contributed by atoms with E-state index in [0.717, 1.165) is 12.1 Å². The van der Waals surface area contributed by atoms with Crippen LogP contribution in [0.25, 0.3) is 0 Å². The van der Waals surface area contributed by atoms with Gasteiger partial charge in [0.05, 0.1) is 5.54 Å². The molecule has 24 heavy (non-hydrogen) atoms. The van der Waals surface area contributed by atoms with Crippen molar-refractivity contribution in [3.05, 3.63) is 71.3 Å². The van der Waals surface area contributed by atoms with Crippen molar-refractivity contribution in [2.75, 3.05) is 0 Å². The van der Waals surface area contributed by atoms with Crippen molar-refractivity contribution < 1.29 is 18.4 Å². The van der Waals surface area contributed by atoms with E-state index >= 15 is 0 Å². The second kappa shape index (κ2) is 6.78. The molecule has 0 aromatic heterocycles. The summed E-state index contributed by atoms with van der Waals surface area (Å²) in [5.41, 5.74) is 2.27. The van der Waals surface area contributed by atoms with Crippen LogP contribution in [-0.4, -0.2) is 22.4 Å². The lowest BCUT2D eigenvalue weighted by Gasteiger charge is -2.35. The van der Waals surface area contributed by atoms with Gasteiger partial charge < -0.3 is 0 Å². The van der Waals surface area contributed by atoms with E-state index in [9.17, 15) is 18.4 Å². The van der Waals surface area contributed by atoms with Crippen molar-refractivity contribution in [2.45, 2.75) is 26.3 Å². The van der Waals surface area contributed by atoms with Gasteiger partial charge in [-0.3, -0.25) is 15.0 Å². The molecule has 0 spiro atoms. The molecular formula is C18H18F2N2O2. The quantitative estimate of drug-likeness (QED) is 0.855. The normalized spacial score (nSPS) is 11.0. The van der Waals surface area contributed by atoms with E-state index in [2.05, 4.69) is 5.43 Å². The molecule has 0 unspecified atom stereocenters. The zero-order valence-electron chi connectivity index (χ0n) is 13.6. The first kappa shape index (κ1) is 17.6. The minimum Gasteiger partial charge on any atom is -0.267 e. The predicted octanol–water partition coefficient (Wildman–Crippen LogP) is 3.55. The first-order chi connectivity index (χ1) is 11.2. The SMILES string of the molecule is CC(C)(C)N(NC(=O)c1ccc(F)cc1)C(=O)c1ccc(F)cc1. The third-order valence-corrected chi connectivity index (χ3v) is 3.28. The van der Waals surface area contributed by atoms with Crippen LogP contribution in [0.1, 0.15) is 41.5 Å². The Morgan fingerprint density at radius 3 is 1.67 bits per heavy atom. The Morgan fingerprint density at radius 1 is 0.833 bits per heavy atom. The molecule has 0 fully saturated rings. The standard InChI is InChI=1S/C18H18F2N2O2/c1-18(2,3)22(17(24)13-6-10-15(20)11-7-13)21-16(23)12-4-8-14(19)9-5-12/h4-11H,1-3H3,(H,21,23). The average Bonchev–Trinajstić information content (AvgIpc) is 2.52. The number of halogens is 2. The monoisotopic (exact) mass is 332 g/mol. The summed E-state index contributed by atoms with van der Waals surface area (Å²) in [6.45, 7) is 5.25. The molecule has 0 atom stereocenters. The van der Waals surface area contributed by atoms with Crippen LogP contribution in [0.2, 0.25) is 0 Å². The topological polar surface area (TPSA) is 49.4 Å². The number of carbonyl (C=O) groups is 2. The minimum absolute atomic E-state index is 0.220. The summed E-state index contributed by atoms with van der Waals surface area (Å²) in [7, 11) is 0. The van der Waals surface area contributed by atoms with Crippen LogP contribution in [0.15, 0.2) is 48.5 Å². The summed E-state index contributed by atoms with van der Waals surface area (Å²) in [5, 5.41) is 1.17. The molecule has 0 heterocycles. The van der Waals surface area contributed by atoms with E-state index in [0.29, 0.717) is 0 Å². The summed E-state index contributed by atoms with van der Waals surface area (Å²) >= 11 is 0. The maximum Gasteiger partial charge on any atom is 0.272 e. The molecular weight excluding hydrogens is 314 g/mol. The Kier molecular flexibility index (Phi) is 4.97. The molecule has 1 N–H and O–H groups in total. The number of hydrazine groups is 1. The maximum absolute atomic E-state index is 13.0. The molecule has 6 heteroatoms. The zero-order valence-corrected chi connectivity index (χ0v) is 13.6. The molecule has 0 aliphatic carbocycles. The number of rotatable bonds is 2. The predicted molar refractivity (Wildman–Crippen MR) is 86.2 cm³/mol. The lowest BCUT2D eigenvalue weighted by molar-refractivity contribution is 0.0358. The Labute approximate surface area is 139 Å². The summed E-state index contributed by atoms with van der Waals surface area (Å²) in [5.74, 6) is -1.93. The molecule has 0 aliphatic heterocycles. The smallest absolute Gasteiger partial charge is 0.267 e. The van der Waals surface area contributed by atoms with Gasteiger partial charge >= 0.3 is 0 Å². The van der Waals surface area contributed by atoms with Crippen molar-refractivity contribution in [3.63, 3.8) is 0 Å². The van der Waals surface area contributed by atoms with E-state index in [1.807, 2.05) is 0 Å². The minimum atomic E-state index is -0.721. The summed E-state index contributed by atoms with van der Waals surface area (Å²) in [6.07, 6.45) is 0. The molecule has 0 aliphatic rings. The molecule has 2 rings (SSSR count). The highest BCUT2D eigenvalue weighted by Gasteiger charge is 2.29. The van der Waals surface area contributed by atoms with Gasteiger partial charge in [-0.1, -0.05) is 0 Å². The highest BCUT2D eigenvalue weighted by atomic mass is 19.1. The zero-order chi connectivity index (χ0) is 17.9. The molecule has 2 aromatic rings. The van der Waals surface area contributed by atoms with E-state index in [1.165, 1.54) is 41.4 Å². The fourth-order valence-electron chi connectivity index (χ4n) is 2.01. The van der Waals surface area contributed by atoms with Crippen molar-refractivity contribution in [1.82, 2.24) is 10.4 Å². The highest BCUT2D eigenvalue weighted by Crippen LogP contribution is 2.16. The van der Waals surface area contributed by atoms with Crippen molar-refractivity contribution >= 4 is 11.8 Å². The lowest BCUT2D eigenvalue weighted by Crippen LogP contribution is -2.55. The summed E-state index contributed by atoms with van der Waals surface area (Å²) in [6, 6.07) is 10.0. The van der Waals surface area contributed by atoms with Gasteiger partial charge in [-0.15, -0.1) is 0 Å². The molecule has 0 saturated carbocycles. The van der Waals surface area contributed by atoms with Crippen LogP contribution < -0.4 is 5.43 Å². The second-order valence-electron chi connectivity index (χ2n) is 6.27. The van der Waals surface area contributed by atoms with Crippen molar-refractivity contribution in [2.24, 2.45) is 0 Å². The third-order valence-electron chi connectivity index (χ3n) is 3.28. The van der Waals surface area contributed by atoms with E-state index in [4.69, 9.17) is 0 Å². The molecule has 0 bridgehead atoms. The average molecular weight is 332 g/mol. The van der Waals surface area contributed by atoms with Crippen LogP contribution in [0.3, 0.4) is 0 Å². The van der Waals surface area contributed by atoms with Gasteiger partial charge in [0.25, 0.3) is 11.8 Å². The largest absolute Gasteiger partial charge is 0.272 e. The number of hydrogen-bond donors (Lipinski definition) is 1. The Balaban J connectivity index is 2.25. The molecule has 2 aromatic carbocycles. The van der Waals surface area contributed by atoms with Gasteiger partial charge in [-0.25, -0.2) is 13.8 Å². The van der Waals surface area contributed by atoms with Crippen LogP contribution in [-0.2, 0) is 0 Å². The summed E-state index contributed by atoms with van der Waals surface area (Å²) < 4.78 is 26.0. The van der Waals surface area contributed by atoms with Gasteiger partial charge in [-0.05, 0) is 69.3 Å². The number of nitrogens with zero attached hydrogens (tertiary/aromatic N) is 1. The van der Waals surface area contributed by atoms with Gasteiger partial charge in [0, 0.05) is 11.1 Å². The Hall–Kier alpha value is -2.76. The maximum atomic E-state index is 13.0. The van der Waals surface area contributed by atoms with Gasteiger partial charge in [-0.2, -0.15) is 0 Å². The number of amides is 2. The van der Waals surface area contributed by atoms with Gasteiger partial charge in [0.2, 0.25) is 0 Å². The van der Waals surface area contributed by atoms with Crippen LogP contribution in [0, 0.1) is 11.6 Å². The van der Waals surface area contributed by atoms with E-state index in [1.54, 1.807) is 20.8 Å². The van der Waals surface area contributed by atoms with E-state index < -0.39 is 29.0 Å². The Morgan fingerprint density at radius 2 is 1.25 bits per heavy atom. The first-order valence-electron chi connectivity index (χ1n) is 7.35. The Bertz CT molecular complexity index is 735. The number of hydrogen-bond acceptors (Lipinski definition) is 2. The number of benzene rings is 2. The highest BCUT2D eigenvalue weighted by molar-refractivity contribution is 5.99. The molecule has 0 saturated heterocycles. The lowest BCUT2D eigenvalue weighted by atomic mass is 10.1. The molecule has 2 amide bonds. The van der Waals surface area contributed by atoms with E-state index in [-0.39, 0.29) is 11.1 Å². The van der Waals surface area contributed by atoms with Crippen molar-refractivity contribution in [1.29, 1.82) is 0 Å². The molecule has 4 nitrogen and oxygen atoms in total. The third kappa shape index (κ3) is 4.16. The fourth-order valence-corrected chi connectivity index (χ4v) is 2.01. The van der Waals surface area contributed by atoms with Crippen LogP contribution in [0.5, 0.6) is 0 Å². The molecule has 0 radical (unpaired) electrons. The number of carbonyl (C=O) groups excluding carboxylic acids is 2. The van der Waals surface area contributed by atoms with Crippen molar-refractivity contribution in [3.8, 4) is 0 Å². The second-order valence-corrected chi connectivity index (χ2v) is 6.27. The van der Waals surface area contributed by atoms with Gasteiger partial charge in [0.1, 0.15) is 11.6 Å². The fraction of sp³-hybridized carbons (Fsp3) is 0.222. The molecule has 126 valence electrons. The number of nitrogens with one attached hydrogen (secondary N) is 1.